The Morgan fingerprint density at radius 3 is 1.42 bits per heavy atom. The van der Waals surface area contributed by atoms with E-state index in [1.54, 1.807) is 13.2 Å². The number of halogens is 10. The first-order chi connectivity index (χ1) is 22.1. The van der Waals surface area contributed by atoms with E-state index in [4.69, 9.17) is 57.9 Å². The lowest BCUT2D eigenvalue weighted by atomic mass is 10.2. The van der Waals surface area contributed by atoms with E-state index in [0.717, 1.165) is 21.5 Å². The second-order valence-electron chi connectivity index (χ2n) is 9.47. The molecule has 1 unspecified atom stereocenters. The lowest BCUT2D eigenvalue weighted by Crippen LogP contribution is -2.09. The highest BCUT2D eigenvalue weighted by molar-refractivity contribution is 7.98. The van der Waals surface area contributed by atoms with Crippen molar-refractivity contribution in [2.75, 3.05) is 23.5 Å². The summed E-state index contributed by atoms with van der Waals surface area (Å²) in [6, 6.07) is 2.81. The molecule has 0 saturated heterocycles. The molecule has 4 aromatic rings. The van der Waals surface area contributed by atoms with E-state index in [9.17, 15) is 40.1 Å². The summed E-state index contributed by atoms with van der Waals surface area (Å²) in [5.74, 6) is -0.759. The molecule has 0 aliphatic rings. The molecule has 2 aromatic carbocycles. The van der Waals surface area contributed by atoms with Crippen molar-refractivity contribution in [2.45, 2.75) is 42.9 Å². The molecular weight excluding hydrogens is 776 g/mol. The molecule has 4 rings (SSSR count). The molecule has 21 heteroatoms. The average Bonchev–Trinajstić information content (AvgIpc) is 3.48. The predicted molar refractivity (Wildman–Crippen MR) is 175 cm³/mol. The van der Waals surface area contributed by atoms with Crippen LogP contribution in [0, 0.1) is 0 Å². The number of rotatable bonds is 7. The van der Waals surface area contributed by atoms with Crippen LogP contribution in [-0.4, -0.2) is 47.3 Å². The third-order valence-corrected chi connectivity index (χ3v) is 9.57. The van der Waals surface area contributed by atoms with Crippen LogP contribution in [0.25, 0.3) is 11.4 Å². The van der Waals surface area contributed by atoms with Crippen LogP contribution in [-0.2, 0) is 23.2 Å². The summed E-state index contributed by atoms with van der Waals surface area (Å²) in [5, 5.41) is 6.72. The van der Waals surface area contributed by atoms with Crippen molar-refractivity contribution >= 4 is 92.2 Å². The number of anilines is 2. The molecule has 0 aliphatic carbocycles. The highest BCUT2D eigenvalue weighted by Gasteiger charge is 2.34. The minimum Gasteiger partial charge on any atom is -0.383 e. The van der Waals surface area contributed by atoms with Gasteiger partial charge < -0.3 is 11.5 Å². The molecule has 9 nitrogen and oxygen atoms in total. The second-order valence-corrected chi connectivity index (χ2v) is 13.6. The van der Waals surface area contributed by atoms with Gasteiger partial charge in [0.1, 0.15) is 39.3 Å². The fourth-order valence-electron chi connectivity index (χ4n) is 4.07. The van der Waals surface area contributed by atoms with E-state index < -0.39 is 40.1 Å². The number of aromatic nitrogens is 4. The second kappa shape index (κ2) is 14.9. The van der Waals surface area contributed by atoms with Gasteiger partial charge in [0.2, 0.25) is 0 Å². The molecule has 0 saturated carbocycles. The molecule has 2 heterocycles. The van der Waals surface area contributed by atoms with Gasteiger partial charge in [0.05, 0.1) is 46.9 Å². The van der Waals surface area contributed by atoms with Crippen LogP contribution >= 0.6 is 58.2 Å². The largest absolute Gasteiger partial charge is 0.416 e. The van der Waals surface area contributed by atoms with Crippen LogP contribution in [0.3, 0.4) is 0 Å². The molecule has 4 N–H and O–H groups in total. The number of nitrogen functional groups attached to an aromatic ring is 2. The molecule has 0 aliphatic heterocycles. The number of hydrogen-bond donors (Lipinski definition) is 2. The van der Waals surface area contributed by atoms with E-state index in [0.29, 0.717) is 17.0 Å². The Balaban J connectivity index is 0.000000261. The number of ketones is 2. The zero-order chi connectivity index (χ0) is 36.6. The van der Waals surface area contributed by atoms with Crippen molar-refractivity contribution in [2.24, 2.45) is 0 Å². The van der Waals surface area contributed by atoms with Crippen molar-refractivity contribution in [3.8, 4) is 11.4 Å². The SMILES string of the molecule is CCS(=O)c1c(C(C)=O)nn(-c2c(Cl)cc(C(F)(F)F)cc2Cl)c1N.CSc1c(C(C)=O)nn(-c2c(Cl)cc(C(F)(F)F)cc2Cl)c1N. The molecule has 0 radical (unpaired) electrons. The number of nitrogens with two attached hydrogens (primary N) is 2. The lowest BCUT2D eigenvalue weighted by molar-refractivity contribution is -0.138. The van der Waals surface area contributed by atoms with Crippen LogP contribution < -0.4 is 11.5 Å². The number of carbonyl (C=O) groups excluding carboxylic acids is 2. The van der Waals surface area contributed by atoms with Gasteiger partial charge >= 0.3 is 12.4 Å². The van der Waals surface area contributed by atoms with Gasteiger partial charge in [-0.2, -0.15) is 36.5 Å². The minimum absolute atomic E-state index is 0.00188. The smallest absolute Gasteiger partial charge is 0.383 e. The Hall–Kier alpha value is -2.96. The van der Waals surface area contributed by atoms with E-state index in [2.05, 4.69) is 10.2 Å². The van der Waals surface area contributed by atoms with E-state index in [-0.39, 0.29) is 70.9 Å². The quantitative estimate of drug-likeness (QED) is 0.108. The Bertz CT molecular complexity index is 1900. The summed E-state index contributed by atoms with van der Waals surface area (Å²) in [4.78, 5) is 23.8. The normalized spacial score (nSPS) is 12.5. The van der Waals surface area contributed by atoms with E-state index >= 15 is 0 Å². The predicted octanol–water partition coefficient (Wildman–Crippen LogP) is 8.81. The van der Waals surface area contributed by atoms with Crippen LogP contribution in [0.15, 0.2) is 34.1 Å². The summed E-state index contributed by atoms with van der Waals surface area (Å²) in [7, 11) is -1.61. The minimum atomic E-state index is -4.64. The molecule has 2 aromatic heterocycles. The molecule has 0 bridgehead atoms. The topological polar surface area (TPSA) is 139 Å². The first kappa shape index (κ1) is 39.5. The van der Waals surface area contributed by atoms with E-state index in [1.807, 2.05) is 0 Å². The van der Waals surface area contributed by atoms with Gasteiger partial charge in [0.25, 0.3) is 0 Å². The number of carbonyl (C=O) groups is 2. The van der Waals surface area contributed by atoms with Gasteiger partial charge in [0.15, 0.2) is 11.6 Å². The Morgan fingerprint density at radius 2 is 1.12 bits per heavy atom. The summed E-state index contributed by atoms with van der Waals surface area (Å²) in [6.45, 7) is 4.13. The fraction of sp³-hybridized carbons (Fsp3) is 0.259. The highest BCUT2D eigenvalue weighted by Crippen LogP contribution is 2.41. The maximum atomic E-state index is 12.8. The van der Waals surface area contributed by atoms with Crippen LogP contribution in [0.4, 0.5) is 38.0 Å². The zero-order valence-corrected chi connectivity index (χ0v) is 29.4. The first-order valence-electron chi connectivity index (χ1n) is 12.9. The van der Waals surface area contributed by atoms with Crippen LogP contribution in [0.2, 0.25) is 20.1 Å². The summed E-state index contributed by atoms with van der Waals surface area (Å²) >= 11 is 24.9. The molecule has 0 fully saturated rings. The lowest BCUT2D eigenvalue weighted by Gasteiger charge is -2.13. The number of nitrogens with zero attached hydrogens (tertiary/aromatic N) is 4. The average molecular weight is 798 g/mol. The fourth-order valence-corrected chi connectivity index (χ4v) is 7.04. The van der Waals surface area contributed by atoms with Gasteiger partial charge in [-0.3, -0.25) is 13.8 Å². The number of alkyl halides is 6. The maximum Gasteiger partial charge on any atom is 0.416 e. The van der Waals surface area contributed by atoms with Crippen LogP contribution in [0.5, 0.6) is 0 Å². The third-order valence-electron chi connectivity index (χ3n) is 6.22. The van der Waals surface area contributed by atoms with Gasteiger partial charge in [0, 0.05) is 19.6 Å². The molecule has 0 spiro atoms. The number of Topliss-reactive ketones (excluding diaryl/α,β-unsaturated/α-hetero) is 2. The van der Waals surface area contributed by atoms with Crippen LogP contribution in [0.1, 0.15) is 52.9 Å². The number of benzene rings is 2. The molecule has 0 amide bonds. The standard InChI is InChI=1S/C14H12Cl2F3N3O2S.C13H10Cl2F3N3OS/c1-3-25(24)12-10(6(2)23)21-22(13(12)20)11-8(15)4-7(5-9(11)16)14(17,18)19;1-5(22)9-11(23-2)12(19)21(20-9)10-7(14)3-6(4-8(10)15)13(16,17)18/h4-5H,3,20H2,1-2H3;3-4H,19H2,1-2H3. The van der Waals surface area contributed by atoms with Crippen molar-refractivity contribution in [3.05, 3.63) is 66.9 Å². The summed E-state index contributed by atoms with van der Waals surface area (Å²) < 4.78 is 91.0. The molecular formula is C27H22Cl4F6N6O3S2. The zero-order valence-electron chi connectivity index (χ0n) is 24.8. The summed E-state index contributed by atoms with van der Waals surface area (Å²) in [6.07, 6.45) is -7.53. The molecule has 260 valence electrons. The highest BCUT2D eigenvalue weighted by atomic mass is 35.5. The van der Waals surface area contributed by atoms with Crippen molar-refractivity contribution in [3.63, 3.8) is 0 Å². The van der Waals surface area contributed by atoms with Crippen molar-refractivity contribution in [1.29, 1.82) is 0 Å². The molecule has 1 atom stereocenters. The monoisotopic (exact) mass is 796 g/mol. The van der Waals surface area contributed by atoms with Crippen molar-refractivity contribution in [1.82, 2.24) is 19.6 Å². The number of thioether (sulfide) groups is 1. The summed E-state index contributed by atoms with van der Waals surface area (Å²) in [5.41, 5.74) is 9.64. The van der Waals surface area contributed by atoms with Gasteiger partial charge in [-0.25, -0.2) is 9.36 Å². The van der Waals surface area contributed by atoms with E-state index in [1.165, 1.54) is 25.6 Å². The maximum absolute atomic E-state index is 12.8. The Kier molecular flexibility index (Phi) is 12.2. The van der Waals surface area contributed by atoms with Gasteiger partial charge in [-0.15, -0.1) is 11.8 Å². The van der Waals surface area contributed by atoms with Gasteiger partial charge in [-0.05, 0) is 30.5 Å². The van der Waals surface area contributed by atoms with Gasteiger partial charge in [-0.1, -0.05) is 53.3 Å². The number of hydrogen-bond acceptors (Lipinski definition) is 8. The third kappa shape index (κ3) is 8.08. The first-order valence-corrected chi connectivity index (χ1v) is 17.0. The Morgan fingerprint density at radius 1 is 0.771 bits per heavy atom. The van der Waals surface area contributed by atoms with Crippen molar-refractivity contribution < 1.29 is 40.1 Å². The molecule has 48 heavy (non-hydrogen) atoms. The Labute approximate surface area is 295 Å².